The molecule has 2 saturated carbocycles. The third-order valence-electron chi connectivity index (χ3n) is 5.74. The first-order chi connectivity index (χ1) is 14.3. The molecule has 4 nitrogen and oxygen atoms in total. The number of fused-ring (bicyclic) bond motifs is 1. The lowest BCUT2D eigenvalue weighted by atomic mass is 9.92. The fraction of sp³-hybridized carbons (Fsp3) is 0.682. The normalized spacial score (nSPS) is 25.3. The van der Waals surface area contributed by atoms with Crippen molar-refractivity contribution in [1.82, 2.24) is 5.32 Å². The Kier molecular flexibility index (Phi) is 6.85. The van der Waals surface area contributed by atoms with Crippen LogP contribution in [0.25, 0.3) is 0 Å². The number of alkyl carbamates (subject to hydrolysis) is 1. The molecule has 0 saturated heterocycles. The topological polar surface area (TPSA) is 47.6 Å². The molecule has 3 atom stereocenters. The van der Waals surface area contributed by atoms with Gasteiger partial charge in [-0.3, -0.25) is 0 Å². The molecule has 2 aliphatic carbocycles. The van der Waals surface area contributed by atoms with Gasteiger partial charge in [0.15, 0.2) is 6.56 Å². The van der Waals surface area contributed by atoms with Gasteiger partial charge < -0.3 is 14.8 Å². The van der Waals surface area contributed by atoms with Crippen molar-refractivity contribution >= 4 is 24.3 Å². The number of carbonyl (C=O) groups excluding carboxylic acids is 1. The molecule has 0 spiro atoms. The van der Waals surface area contributed by atoms with Gasteiger partial charge in [0.2, 0.25) is 0 Å². The van der Waals surface area contributed by atoms with Gasteiger partial charge >= 0.3 is 12.3 Å². The zero-order valence-electron chi connectivity index (χ0n) is 18.6. The van der Waals surface area contributed by atoms with Crippen molar-refractivity contribution in [3.05, 3.63) is 29.3 Å². The number of para-hydroxylation sites is 1. The van der Waals surface area contributed by atoms with E-state index in [0.29, 0.717) is 11.8 Å². The smallest absolute Gasteiger partial charge is 0.419 e. The molecule has 0 aromatic heterocycles. The summed E-state index contributed by atoms with van der Waals surface area (Å²) in [5.74, 6) is 0.704. The van der Waals surface area contributed by atoms with Crippen LogP contribution in [0.5, 0.6) is 5.75 Å². The van der Waals surface area contributed by atoms with Crippen molar-refractivity contribution in [3.63, 3.8) is 0 Å². The molecule has 2 aliphatic rings. The van der Waals surface area contributed by atoms with Gasteiger partial charge in [-0.1, -0.05) is 46.1 Å². The van der Waals surface area contributed by atoms with Crippen LogP contribution in [-0.4, -0.2) is 29.6 Å². The summed E-state index contributed by atoms with van der Waals surface area (Å²) in [7, 11) is 0. The SMILES string of the molecule is CC(C[B]SC(C)(C)C)COc1c(CNC(=O)OC2(C)C3CC32)cccc1C(F)(F)F. The van der Waals surface area contributed by atoms with E-state index < -0.39 is 23.4 Å². The monoisotopic (exact) mass is 456 g/mol. The molecule has 1 aromatic rings. The average Bonchev–Trinajstić information content (AvgIpc) is 3.54. The van der Waals surface area contributed by atoms with Gasteiger partial charge in [0.25, 0.3) is 0 Å². The van der Waals surface area contributed by atoms with Crippen LogP contribution < -0.4 is 10.1 Å². The second kappa shape index (κ2) is 8.79. The summed E-state index contributed by atoms with van der Waals surface area (Å²) in [4.78, 5) is 12.1. The molecule has 1 aromatic carbocycles. The Labute approximate surface area is 187 Å². The van der Waals surface area contributed by atoms with E-state index in [2.05, 4.69) is 32.6 Å². The maximum atomic E-state index is 13.6. The third-order valence-corrected chi connectivity index (χ3v) is 6.81. The van der Waals surface area contributed by atoms with Crippen LogP contribution in [0.3, 0.4) is 0 Å². The highest BCUT2D eigenvalue weighted by molar-refractivity contribution is 8.23. The molecule has 3 rings (SSSR count). The van der Waals surface area contributed by atoms with Crippen LogP contribution in [0, 0.1) is 17.8 Å². The predicted octanol–water partition coefficient (Wildman–Crippen LogP) is 5.92. The van der Waals surface area contributed by atoms with Gasteiger partial charge in [-0.15, -0.1) is 0 Å². The lowest BCUT2D eigenvalue weighted by Crippen LogP contribution is -2.32. The Morgan fingerprint density at radius 1 is 1.32 bits per heavy atom. The third kappa shape index (κ3) is 6.27. The Hall–Kier alpha value is -1.51. The Balaban J connectivity index is 1.60. The lowest BCUT2D eigenvalue weighted by Gasteiger charge is -2.22. The summed E-state index contributed by atoms with van der Waals surface area (Å²) in [6, 6.07) is 3.86. The van der Waals surface area contributed by atoms with Crippen LogP contribution in [0.15, 0.2) is 18.2 Å². The second-order valence-corrected chi connectivity index (χ2v) is 11.5. The number of hydrogen-bond acceptors (Lipinski definition) is 4. The van der Waals surface area contributed by atoms with Crippen molar-refractivity contribution in [2.75, 3.05) is 6.61 Å². The molecule has 171 valence electrons. The Morgan fingerprint density at radius 3 is 2.55 bits per heavy atom. The van der Waals surface area contributed by atoms with Crippen LogP contribution in [0.1, 0.15) is 52.2 Å². The Bertz CT molecular complexity index is 804. The molecular formula is C22H30BF3NO3S. The van der Waals surface area contributed by atoms with Gasteiger partial charge in [-0.05, 0) is 30.1 Å². The van der Waals surface area contributed by atoms with Gasteiger partial charge in [-0.2, -0.15) is 13.2 Å². The van der Waals surface area contributed by atoms with Crippen molar-refractivity contribution in [2.45, 2.75) is 70.4 Å². The molecule has 31 heavy (non-hydrogen) atoms. The minimum absolute atomic E-state index is 0.0449. The Morgan fingerprint density at radius 2 is 2.00 bits per heavy atom. The van der Waals surface area contributed by atoms with E-state index >= 15 is 0 Å². The number of nitrogens with one attached hydrogen (secondary N) is 1. The van der Waals surface area contributed by atoms with E-state index in [-0.39, 0.29) is 35.1 Å². The number of halogens is 3. The molecule has 0 bridgehead atoms. The summed E-state index contributed by atoms with van der Waals surface area (Å²) >= 11 is 1.70. The lowest BCUT2D eigenvalue weighted by molar-refractivity contribution is -0.139. The minimum atomic E-state index is -4.55. The molecule has 0 aliphatic heterocycles. The highest BCUT2D eigenvalue weighted by Gasteiger charge is 2.77. The number of hydrogen-bond donors (Lipinski definition) is 1. The summed E-state index contributed by atoms with van der Waals surface area (Å²) in [6.45, 7) is 12.3. The molecule has 3 unspecified atom stereocenters. The van der Waals surface area contributed by atoms with Gasteiger partial charge in [0.1, 0.15) is 11.4 Å². The average molecular weight is 456 g/mol. The second-order valence-electron chi connectivity index (χ2n) is 9.72. The fourth-order valence-electron chi connectivity index (χ4n) is 3.60. The molecule has 9 heteroatoms. The summed E-state index contributed by atoms with van der Waals surface area (Å²) in [5.41, 5.74) is -0.956. The first kappa shape index (κ1) is 24.1. The maximum Gasteiger partial charge on any atom is 0.419 e. The maximum absolute atomic E-state index is 13.6. The number of amides is 1. The number of benzene rings is 1. The number of ether oxygens (including phenoxy) is 2. The van der Waals surface area contributed by atoms with Crippen LogP contribution >= 0.6 is 11.6 Å². The van der Waals surface area contributed by atoms with E-state index in [1.54, 1.807) is 11.6 Å². The summed E-state index contributed by atoms with van der Waals surface area (Å²) < 4.78 is 51.9. The predicted molar refractivity (Wildman–Crippen MR) is 117 cm³/mol. The van der Waals surface area contributed by atoms with E-state index in [1.165, 1.54) is 12.1 Å². The number of carbonyl (C=O) groups is 1. The molecule has 0 heterocycles. The van der Waals surface area contributed by atoms with Crippen molar-refractivity contribution in [1.29, 1.82) is 0 Å². The van der Waals surface area contributed by atoms with Crippen LogP contribution in [-0.2, 0) is 17.5 Å². The highest BCUT2D eigenvalue weighted by Crippen LogP contribution is 2.72. The molecule has 1 radical (unpaired) electrons. The standard InChI is InChI=1S/C22H30BF3NO3S/c1-13(10-23-31-20(2,3)4)12-29-18-14(7-6-8-15(18)22(24,25)26)11-27-19(28)30-21(5)16-9-17(16)21/h6-8,13,16-17H,9-12H2,1-5H3,(H,27,28). The molecule has 2 fully saturated rings. The van der Waals surface area contributed by atoms with Gasteiger partial charge in [0, 0.05) is 23.9 Å². The van der Waals surface area contributed by atoms with Crippen molar-refractivity contribution < 1.29 is 27.4 Å². The zero-order valence-corrected chi connectivity index (χ0v) is 19.5. The molecular weight excluding hydrogens is 426 g/mol. The van der Waals surface area contributed by atoms with E-state index in [4.69, 9.17) is 9.47 Å². The number of alkyl halides is 3. The van der Waals surface area contributed by atoms with Gasteiger partial charge in [-0.25, -0.2) is 16.4 Å². The van der Waals surface area contributed by atoms with Crippen LogP contribution in [0.4, 0.5) is 18.0 Å². The minimum Gasteiger partial charge on any atom is -0.492 e. The first-order valence-corrected chi connectivity index (χ1v) is 11.5. The zero-order chi connectivity index (χ0) is 23.0. The quantitative estimate of drug-likeness (QED) is 0.469. The van der Waals surface area contributed by atoms with E-state index in [0.717, 1.165) is 18.8 Å². The van der Waals surface area contributed by atoms with Crippen LogP contribution in [0.2, 0.25) is 6.32 Å². The van der Waals surface area contributed by atoms with Gasteiger partial charge in [0.05, 0.1) is 12.2 Å². The number of rotatable bonds is 9. The first-order valence-electron chi connectivity index (χ1n) is 10.6. The largest absolute Gasteiger partial charge is 0.492 e. The molecule has 1 amide bonds. The van der Waals surface area contributed by atoms with Crippen molar-refractivity contribution in [2.24, 2.45) is 17.8 Å². The van der Waals surface area contributed by atoms with E-state index in [9.17, 15) is 18.0 Å². The van der Waals surface area contributed by atoms with Crippen molar-refractivity contribution in [3.8, 4) is 5.75 Å². The summed E-state index contributed by atoms with van der Waals surface area (Å²) in [5, 5.41) is 2.58. The fourth-order valence-corrected chi connectivity index (χ4v) is 4.52. The van der Waals surface area contributed by atoms with E-state index in [1.807, 2.05) is 13.8 Å². The molecule has 1 N–H and O–H groups in total. The summed E-state index contributed by atoms with van der Waals surface area (Å²) in [6.07, 6.45) is -3.36. The highest BCUT2D eigenvalue weighted by atomic mass is 32.2.